The zero-order valence-corrected chi connectivity index (χ0v) is 22.1. The van der Waals surface area contributed by atoms with Crippen LogP contribution in [0.25, 0.3) is 5.70 Å². The minimum Gasteiger partial charge on any atom is -0.402 e. The number of anilines is 2. The highest BCUT2D eigenvalue weighted by atomic mass is 32.2. The van der Waals surface area contributed by atoms with Crippen molar-refractivity contribution >= 4 is 40.8 Å². The Bertz CT molecular complexity index is 1380. The maximum Gasteiger partial charge on any atom is 0.317 e. The van der Waals surface area contributed by atoms with Crippen molar-refractivity contribution in [1.82, 2.24) is 20.0 Å². The SMILES string of the molecule is CCC1SC(N2CCOCC2)=C(c2nnc(N[C@H]3N=C(c4ccccc4)c4ccccc4NC3=O)o2)N1C. The van der Waals surface area contributed by atoms with Crippen LogP contribution in [-0.2, 0) is 9.53 Å². The number of hydrogen-bond donors (Lipinski definition) is 2. The lowest BCUT2D eigenvalue weighted by Gasteiger charge is -2.29. The Hall–Kier alpha value is -3.83. The van der Waals surface area contributed by atoms with E-state index < -0.39 is 6.17 Å². The fourth-order valence-corrected chi connectivity index (χ4v) is 6.19. The van der Waals surface area contributed by atoms with E-state index in [1.54, 1.807) is 0 Å². The number of benzene rings is 2. The number of para-hydroxylation sites is 1. The van der Waals surface area contributed by atoms with Crippen LogP contribution < -0.4 is 10.6 Å². The zero-order chi connectivity index (χ0) is 26.1. The Morgan fingerprint density at radius 2 is 1.84 bits per heavy atom. The molecule has 1 amide bonds. The van der Waals surface area contributed by atoms with Crippen molar-refractivity contribution in [3.8, 4) is 0 Å². The number of ether oxygens (including phenoxy) is 1. The largest absolute Gasteiger partial charge is 0.402 e. The molecule has 10 nitrogen and oxygen atoms in total. The molecule has 1 fully saturated rings. The van der Waals surface area contributed by atoms with Crippen LogP contribution >= 0.6 is 11.8 Å². The van der Waals surface area contributed by atoms with E-state index in [9.17, 15) is 4.79 Å². The van der Waals surface area contributed by atoms with Gasteiger partial charge in [0, 0.05) is 31.3 Å². The van der Waals surface area contributed by atoms with E-state index in [-0.39, 0.29) is 17.3 Å². The van der Waals surface area contributed by atoms with Gasteiger partial charge in [0.05, 0.1) is 30.0 Å². The third-order valence-corrected chi connectivity index (χ3v) is 8.36. The summed E-state index contributed by atoms with van der Waals surface area (Å²) < 4.78 is 11.7. The fourth-order valence-electron chi connectivity index (χ4n) is 4.82. The maximum absolute atomic E-state index is 13.2. The minimum atomic E-state index is -0.960. The second-order valence-electron chi connectivity index (χ2n) is 9.18. The van der Waals surface area contributed by atoms with E-state index in [0.717, 1.165) is 41.4 Å². The molecule has 2 aromatic carbocycles. The first-order valence-electron chi connectivity index (χ1n) is 12.7. The summed E-state index contributed by atoms with van der Waals surface area (Å²) in [5.41, 5.74) is 4.05. The van der Waals surface area contributed by atoms with Crippen LogP contribution in [0.2, 0.25) is 0 Å². The van der Waals surface area contributed by atoms with Crippen LogP contribution in [0.3, 0.4) is 0 Å². The average molecular weight is 532 g/mol. The van der Waals surface area contributed by atoms with Crippen molar-refractivity contribution < 1.29 is 13.9 Å². The molecule has 0 spiro atoms. The molecular weight excluding hydrogens is 502 g/mol. The highest BCUT2D eigenvalue weighted by Gasteiger charge is 2.36. The van der Waals surface area contributed by atoms with Gasteiger partial charge in [-0.1, -0.05) is 72.3 Å². The van der Waals surface area contributed by atoms with Gasteiger partial charge in [0.2, 0.25) is 6.17 Å². The van der Waals surface area contributed by atoms with Crippen molar-refractivity contribution in [2.24, 2.45) is 4.99 Å². The summed E-state index contributed by atoms with van der Waals surface area (Å²) in [4.78, 5) is 22.5. The minimum absolute atomic E-state index is 0.134. The third-order valence-electron chi connectivity index (χ3n) is 6.76. The molecule has 196 valence electrons. The van der Waals surface area contributed by atoms with Gasteiger partial charge in [-0.05, 0) is 12.5 Å². The van der Waals surface area contributed by atoms with Gasteiger partial charge in [-0.25, -0.2) is 4.99 Å². The van der Waals surface area contributed by atoms with E-state index in [1.807, 2.05) is 73.4 Å². The van der Waals surface area contributed by atoms with Crippen LogP contribution in [0.5, 0.6) is 0 Å². The number of nitrogens with one attached hydrogen (secondary N) is 2. The lowest BCUT2D eigenvalue weighted by Crippen LogP contribution is -2.35. The van der Waals surface area contributed by atoms with Crippen molar-refractivity contribution in [1.29, 1.82) is 0 Å². The van der Waals surface area contributed by atoms with Crippen LogP contribution in [0.4, 0.5) is 11.7 Å². The molecular formula is C27H29N7O3S. The Labute approximate surface area is 225 Å². The number of morpholine rings is 1. The standard InChI is InChI=1S/C27H29N7O3S/c1-3-20-33(2)22(26(38-20)34-13-15-36-16-14-34)25-31-32-27(37-25)30-23-24(35)28-19-12-8-7-11-18(19)21(29-23)17-9-5-4-6-10-17/h4-12,20,23H,3,13-16H2,1-2H3,(H,28,35)(H,30,32)/t20?,23-/m1/s1. The summed E-state index contributed by atoms with van der Waals surface area (Å²) in [7, 11) is 2.05. The molecule has 2 atom stereocenters. The molecule has 1 saturated heterocycles. The molecule has 3 aliphatic rings. The highest BCUT2D eigenvalue weighted by Crippen LogP contribution is 2.44. The van der Waals surface area contributed by atoms with E-state index >= 15 is 0 Å². The maximum atomic E-state index is 13.2. The van der Waals surface area contributed by atoms with Crippen LogP contribution in [-0.4, -0.2) is 76.5 Å². The molecule has 0 bridgehead atoms. The third kappa shape index (κ3) is 4.63. The summed E-state index contributed by atoms with van der Waals surface area (Å²) in [5, 5.41) is 16.0. The molecule has 0 radical (unpaired) electrons. The Morgan fingerprint density at radius 3 is 2.63 bits per heavy atom. The predicted octanol–water partition coefficient (Wildman–Crippen LogP) is 3.67. The molecule has 3 aromatic rings. The molecule has 0 aliphatic carbocycles. The number of benzodiazepines with no additional fused rings is 1. The van der Waals surface area contributed by atoms with E-state index in [2.05, 4.69) is 37.6 Å². The van der Waals surface area contributed by atoms with Crippen molar-refractivity contribution in [2.45, 2.75) is 24.9 Å². The fraction of sp³-hybridized carbons (Fsp3) is 0.333. The molecule has 0 saturated carbocycles. The summed E-state index contributed by atoms with van der Waals surface area (Å²) in [5.74, 6) is 0.0976. The topological polar surface area (TPSA) is 108 Å². The number of thioether (sulfide) groups is 1. The summed E-state index contributed by atoms with van der Waals surface area (Å²) in [6.07, 6.45) is 0.00929. The number of carbonyl (C=O) groups excluding carboxylic acids is 1. The second kappa shape index (κ2) is 10.5. The molecule has 3 aliphatic heterocycles. The number of rotatable bonds is 6. The van der Waals surface area contributed by atoms with Crippen molar-refractivity contribution in [3.05, 3.63) is 76.6 Å². The molecule has 11 heteroatoms. The van der Waals surface area contributed by atoms with Gasteiger partial charge in [-0.3, -0.25) is 4.79 Å². The molecule has 38 heavy (non-hydrogen) atoms. The molecule has 2 N–H and O–H groups in total. The van der Waals surface area contributed by atoms with E-state index in [4.69, 9.17) is 14.1 Å². The number of carbonyl (C=O) groups is 1. The number of hydrogen-bond acceptors (Lipinski definition) is 10. The van der Waals surface area contributed by atoms with E-state index in [1.165, 1.54) is 0 Å². The van der Waals surface area contributed by atoms with E-state index in [0.29, 0.717) is 30.5 Å². The summed E-state index contributed by atoms with van der Waals surface area (Å²) >= 11 is 1.81. The molecule has 6 rings (SSSR count). The Morgan fingerprint density at radius 1 is 1.08 bits per heavy atom. The number of nitrogens with zero attached hydrogens (tertiary/aromatic N) is 5. The Kier molecular flexibility index (Phi) is 6.77. The second-order valence-corrected chi connectivity index (χ2v) is 10.3. The molecule has 1 unspecified atom stereocenters. The average Bonchev–Trinajstić information content (AvgIpc) is 3.51. The monoisotopic (exact) mass is 531 g/mol. The van der Waals surface area contributed by atoms with Gasteiger partial charge >= 0.3 is 6.01 Å². The van der Waals surface area contributed by atoms with Crippen LogP contribution in [0.15, 0.2) is 69.0 Å². The molecule has 1 aromatic heterocycles. The van der Waals surface area contributed by atoms with Crippen molar-refractivity contribution in [2.75, 3.05) is 44.0 Å². The number of aliphatic imine (C=N–C) groups is 1. The number of fused-ring (bicyclic) bond motifs is 1. The smallest absolute Gasteiger partial charge is 0.317 e. The number of amides is 1. The highest BCUT2D eigenvalue weighted by molar-refractivity contribution is 8.04. The first kappa shape index (κ1) is 24.5. The first-order valence-corrected chi connectivity index (χ1v) is 13.6. The summed E-state index contributed by atoms with van der Waals surface area (Å²) in [6, 6.07) is 17.6. The Balaban J connectivity index is 1.32. The number of aromatic nitrogens is 2. The van der Waals surface area contributed by atoms with Gasteiger partial charge < -0.3 is 29.6 Å². The first-order chi connectivity index (χ1) is 18.6. The van der Waals surface area contributed by atoms with Gasteiger partial charge in [0.25, 0.3) is 11.8 Å². The normalized spacial score (nSPS) is 21.6. The van der Waals surface area contributed by atoms with Crippen LogP contribution in [0, 0.1) is 0 Å². The van der Waals surface area contributed by atoms with Crippen LogP contribution in [0.1, 0.15) is 30.4 Å². The lowest BCUT2D eigenvalue weighted by atomic mass is 10.0. The van der Waals surface area contributed by atoms with Gasteiger partial charge in [0.1, 0.15) is 10.7 Å². The van der Waals surface area contributed by atoms with Gasteiger partial charge in [0.15, 0.2) is 0 Å². The van der Waals surface area contributed by atoms with Gasteiger partial charge in [-0.2, -0.15) is 0 Å². The molecule has 4 heterocycles. The van der Waals surface area contributed by atoms with Gasteiger partial charge in [-0.15, -0.1) is 5.10 Å². The van der Waals surface area contributed by atoms with Crippen molar-refractivity contribution in [3.63, 3.8) is 0 Å². The zero-order valence-electron chi connectivity index (χ0n) is 21.3. The lowest BCUT2D eigenvalue weighted by molar-refractivity contribution is -0.116. The summed E-state index contributed by atoms with van der Waals surface area (Å²) in [6.45, 7) is 5.18. The predicted molar refractivity (Wildman–Crippen MR) is 148 cm³/mol. The quantitative estimate of drug-likeness (QED) is 0.493.